The average molecular weight is 254 g/mol. The fourth-order valence-electron chi connectivity index (χ4n) is 2.37. The molecule has 18 heavy (non-hydrogen) atoms. The lowest BCUT2D eigenvalue weighted by atomic mass is 10.1. The second-order valence-corrected chi connectivity index (χ2v) is 4.72. The highest BCUT2D eigenvalue weighted by molar-refractivity contribution is 6.31. The fraction of sp³-hybridized carbons (Fsp3) is 0. The summed E-state index contributed by atoms with van der Waals surface area (Å²) in [6, 6.07) is 11.9. The minimum absolute atomic E-state index is 0.684. The number of halogens is 1. The summed E-state index contributed by atoms with van der Waals surface area (Å²) in [5, 5.41) is 5.02. The van der Waals surface area contributed by atoms with Gasteiger partial charge in [-0.1, -0.05) is 17.7 Å². The lowest BCUT2D eigenvalue weighted by Crippen LogP contribution is -1.75. The van der Waals surface area contributed by atoms with E-state index in [1.165, 1.54) is 0 Å². The smallest absolute Gasteiger partial charge is 0.144 e. The molecule has 0 fully saturated rings. The van der Waals surface area contributed by atoms with Gasteiger partial charge >= 0.3 is 0 Å². The first-order valence-corrected chi connectivity index (χ1v) is 6.05. The number of nitrogens with zero attached hydrogens (tertiary/aromatic N) is 1. The van der Waals surface area contributed by atoms with E-state index in [2.05, 4.69) is 17.1 Å². The first kappa shape index (κ1) is 9.92. The fourth-order valence-corrected chi connectivity index (χ4v) is 2.53. The summed E-state index contributed by atoms with van der Waals surface area (Å²) in [4.78, 5) is 4.16. The molecule has 0 radical (unpaired) electrons. The zero-order valence-electron chi connectivity index (χ0n) is 9.35. The average Bonchev–Trinajstić information content (AvgIpc) is 2.76. The van der Waals surface area contributed by atoms with Crippen LogP contribution in [0.25, 0.3) is 32.7 Å². The van der Waals surface area contributed by atoms with Gasteiger partial charge in [-0.3, -0.25) is 4.98 Å². The molecule has 4 rings (SSSR count). The normalized spacial score (nSPS) is 11.6. The van der Waals surface area contributed by atoms with Crippen LogP contribution in [-0.2, 0) is 0 Å². The van der Waals surface area contributed by atoms with Crippen molar-refractivity contribution < 1.29 is 4.42 Å². The van der Waals surface area contributed by atoms with E-state index in [9.17, 15) is 0 Å². The Balaban J connectivity index is 2.29. The maximum Gasteiger partial charge on any atom is 0.144 e. The van der Waals surface area contributed by atoms with Crippen molar-refractivity contribution in [2.24, 2.45) is 0 Å². The summed E-state index contributed by atoms with van der Waals surface area (Å²) in [5.74, 6) is 0. The molecular formula is C15H8ClNO. The molecule has 86 valence electrons. The molecule has 2 aromatic carbocycles. The van der Waals surface area contributed by atoms with E-state index in [0.717, 1.165) is 32.7 Å². The third kappa shape index (κ3) is 1.27. The number of fused-ring (bicyclic) bond motifs is 5. The topological polar surface area (TPSA) is 26.0 Å². The predicted molar refractivity (Wildman–Crippen MR) is 74.0 cm³/mol. The second-order valence-electron chi connectivity index (χ2n) is 4.28. The SMILES string of the molecule is Clc1ccc2c(c1)oc1c3cnccc3ccc21. The minimum atomic E-state index is 0.684. The Labute approximate surface area is 108 Å². The lowest BCUT2D eigenvalue weighted by molar-refractivity contribution is 0.672. The zero-order chi connectivity index (χ0) is 12.1. The maximum atomic E-state index is 5.99. The van der Waals surface area contributed by atoms with Crippen LogP contribution in [0, 0.1) is 0 Å². The van der Waals surface area contributed by atoms with Crippen LogP contribution in [0.1, 0.15) is 0 Å². The van der Waals surface area contributed by atoms with Crippen LogP contribution in [0.5, 0.6) is 0 Å². The molecule has 0 aliphatic carbocycles. The van der Waals surface area contributed by atoms with E-state index in [1.807, 2.05) is 30.5 Å². The highest BCUT2D eigenvalue weighted by atomic mass is 35.5. The third-order valence-electron chi connectivity index (χ3n) is 3.22. The lowest BCUT2D eigenvalue weighted by Gasteiger charge is -1.96. The summed E-state index contributed by atoms with van der Waals surface area (Å²) in [7, 11) is 0. The first-order valence-electron chi connectivity index (χ1n) is 5.67. The highest BCUT2D eigenvalue weighted by Crippen LogP contribution is 2.34. The third-order valence-corrected chi connectivity index (χ3v) is 3.45. The van der Waals surface area contributed by atoms with Crippen molar-refractivity contribution in [3.63, 3.8) is 0 Å². The highest BCUT2D eigenvalue weighted by Gasteiger charge is 2.10. The zero-order valence-corrected chi connectivity index (χ0v) is 10.1. The molecule has 2 aromatic heterocycles. The molecule has 0 unspecified atom stereocenters. The molecule has 3 heteroatoms. The maximum absolute atomic E-state index is 5.99. The van der Waals surface area contributed by atoms with Gasteiger partial charge in [0.1, 0.15) is 11.2 Å². The molecular weight excluding hydrogens is 246 g/mol. The number of hydrogen-bond donors (Lipinski definition) is 0. The molecule has 0 aliphatic heterocycles. The Morgan fingerprint density at radius 2 is 1.83 bits per heavy atom. The van der Waals surface area contributed by atoms with Crippen molar-refractivity contribution in [2.45, 2.75) is 0 Å². The van der Waals surface area contributed by atoms with Crippen LogP contribution >= 0.6 is 11.6 Å². The molecule has 0 N–H and O–H groups in total. The number of aromatic nitrogens is 1. The van der Waals surface area contributed by atoms with E-state index in [4.69, 9.17) is 16.0 Å². The van der Waals surface area contributed by atoms with Gasteiger partial charge < -0.3 is 4.42 Å². The van der Waals surface area contributed by atoms with E-state index in [0.29, 0.717) is 5.02 Å². The number of hydrogen-bond acceptors (Lipinski definition) is 2. The molecule has 0 amide bonds. The minimum Gasteiger partial charge on any atom is -0.455 e. The van der Waals surface area contributed by atoms with Crippen molar-refractivity contribution in [3.05, 3.63) is 53.8 Å². The van der Waals surface area contributed by atoms with Gasteiger partial charge in [0.15, 0.2) is 0 Å². The second kappa shape index (κ2) is 3.47. The number of pyridine rings is 1. The molecule has 0 bridgehead atoms. The van der Waals surface area contributed by atoms with E-state index >= 15 is 0 Å². The van der Waals surface area contributed by atoms with E-state index in [-0.39, 0.29) is 0 Å². The predicted octanol–water partition coefficient (Wildman–Crippen LogP) is 4.79. The number of furan rings is 1. The summed E-state index contributed by atoms with van der Waals surface area (Å²) >= 11 is 5.99. The molecule has 0 spiro atoms. The molecule has 0 aliphatic rings. The molecule has 0 saturated heterocycles. The number of benzene rings is 2. The van der Waals surface area contributed by atoms with Gasteiger partial charge in [-0.2, -0.15) is 0 Å². The quantitative estimate of drug-likeness (QED) is 0.450. The van der Waals surface area contributed by atoms with Crippen LogP contribution in [0.3, 0.4) is 0 Å². The van der Waals surface area contributed by atoms with Crippen molar-refractivity contribution in [2.75, 3.05) is 0 Å². The molecule has 2 heterocycles. The van der Waals surface area contributed by atoms with Gasteiger partial charge in [0, 0.05) is 39.6 Å². The molecule has 0 saturated carbocycles. The van der Waals surface area contributed by atoms with Crippen molar-refractivity contribution in [1.82, 2.24) is 4.98 Å². The monoisotopic (exact) mass is 253 g/mol. The standard InChI is InChI=1S/C15H8ClNO/c16-10-2-4-11-12-3-1-9-5-6-17-8-13(9)15(12)18-14(11)7-10/h1-8H. The van der Waals surface area contributed by atoms with Crippen LogP contribution in [-0.4, -0.2) is 4.98 Å². The van der Waals surface area contributed by atoms with Crippen LogP contribution in [0.2, 0.25) is 5.02 Å². The van der Waals surface area contributed by atoms with Crippen molar-refractivity contribution >= 4 is 44.3 Å². The molecule has 4 aromatic rings. The summed E-state index contributed by atoms with van der Waals surface area (Å²) in [6.45, 7) is 0. The van der Waals surface area contributed by atoms with Gasteiger partial charge in [0.25, 0.3) is 0 Å². The van der Waals surface area contributed by atoms with Gasteiger partial charge in [-0.15, -0.1) is 0 Å². The first-order chi connectivity index (χ1) is 8.83. The van der Waals surface area contributed by atoms with Crippen molar-refractivity contribution in [1.29, 1.82) is 0 Å². The Morgan fingerprint density at radius 1 is 0.944 bits per heavy atom. The summed E-state index contributed by atoms with van der Waals surface area (Å²) in [5.41, 5.74) is 1.69. The molecule has 2 nitrogen and oxygen atoms in total. The van der Waals surface area contributed by atoms with Crippen LogP contribution in [0.15, 0.2) is 53.2 Å². The molecule has 0 atom stereocenters. The summed E-state index contributed by atoms with van der Waals surface area (Å²) < 4.78 is 5.92. The van der Waals surface area contributed by atoms with Crippen molar-refractivity contribution in [3.8, 4) is 0 Å². The van der Waals surface area contributed by atoms with E-state index in [1.54, 1.807) is 6.20 Å². The van der Waals surface area contributed by atoms with Gasteiger partial charge in [0.05, 0.1) is 0 Å². The van der Waals surface area contributed by atoms with Gasteiger partial charge in [0.2, 0.25) is 0 Å². The van der Waals surface area contributed by atoms with Crippen LogP contribution < -0.4 is 0 Å². The van der Waals surface area contributed by atoms with Gasteiger partial charge in [-0.25, -0.2) is 0 Å². The summed E-state index contributed by atoms with van der Waals surface area (Å²) in [6.07, 6.45) is 3.62. The van der Waals surface area contributed by atoms with Gasteiger partial charge in [-0.05, 0) is 29.7 Å². The Bertz CT molecular complexity index is 895. The largest absolute Gasteiger partial charge is 0.455 e. The van der Waals surface area contributed by atoms with E-state index < -0.39 is 0 Å². The number of rotatable bonds is 0. The Kier molecular flexibility index (Phi) is 1.91. The Hall–Kier alpha value is -2.06. The van der Waals surface area contributed by atoms with Crippen LogP contribution in [0.4, 0.5) is 0 Å². The Morgan fingerprint density at radius 3 is 2.78 bits per heavy atom.